The number of aliphatic imine (C=N–C) groups is 1. The van der Waals surface area contributed by atoms with E-state index in [0.29, 0.717) is 24.6 Å². The molecule has 7 heteroatoms. The molecule has 0 saturated heterocycles. The van der Waals surface area contributed by atoms with Crippen LogP contribution < -0.4 is 20.1 Å². The Morgan fingerprint density at radius 3 is 2.48 bits per heavy atom. The zero-order valence-electron chi connectivity index (χ0n) is 19.2. The highest BCUT2D eigenvalue weighted by molar-refractivity contribution is 5.79. The third-order valence-electron chi connectivity index (χ3n) is 4.74. The number of ether oxygens (including phenoxy) is 2. The summed E-state index contributed by atoms with van der Waals surface area (Å²) in [6.07, 6.45) is 0. The molecule has 0 atom stereocenters. The van der Waals surface area contributed by atoms with E-state index >= 15 is 0 Å². The van der Waals surface area contributed by atoms with Crippen molar-refractivity contribution in [2.24, 2.45) is 4.99 Å². The number of nitrogens with one attached hydrogen (secondary N) is 2. The SMILES string of the molecule is CCNC(=O)COc1ccc(CN=C(NCC)N(C)Cc2ccccc2C)cc1OC. The third-order valence-corrected chi connectivity index (χ3v) is 4.74. The van der Waals surface area contributed by atoms with Crippen molar-refractivity contribution < 1.29 is 14.3 Å². The Bertz CT molecular complexity index is 883. The highest BCUT2D eigenvalue weighted by atomic mass is 16.5. The molecule has 2 aromatic carbocycles. The molecule has 0 unspecified atom stereocenters. The summed E-state index contributed by atoms with van der Waals surface area (Å²) >= 11 is 0. The number of carbonyl (C=O) groups excluding carboxylic acids is 1. The number of hydrogen-bond donors (Lipinski definition) is 2. The highest BCUT2D eigenvalue weighted by Crippen LogP contribution is 2.28. The van der Waals surface area contributed by atoms with Gasteiger partial charge in [-0.3, -0.25) is 4.79 Å². The third kappa shape index (κ3) is 7.51. The van der Waals surface area contributed by atoms with Crippen LogP contribution in [0.25, 0.3) is 0 Å². The van der Waals surface area contributed by atoms with Gasteiger partial charge >= 0.3 is 0 Å². The molecule has 2 N–H and O–H groups in total. The number of nitrogens with zero attached hydrogens (tertiary/aromatic N) is 2. The fourth-order valence-electron chi connectivity index (χ4n) is 3.07. The molecule has 31 heavy (non-hydrogen) atoms. The molecule has 0 heterocycles. The average molecular weight is 427 g/mol. The van der Waals surface area contributed by atoms with Crippen LogP contribution in [0, 0.1) is 6.92 Å². The fraction of sp³-hybridized carbons (Fsp3) is 0.417. The molecule has 0 fully saturated rings. The van der Waals surface area contributed by atoms with Crippen LogP contribution >= 0.6 is 0 Å². The second kappa shape index (κ2) is 12.5. The van der Waals surface area contributed by atoms with Crippen molar-refractivity contribution in [3.05, 3.63) is 59.2 Å². The van der Waals surface area contributed by atoms with Crippen LogP contribution in [-0.2, 0) is 17.9 Å². The number of methoxy groups -OCH3 is 1. The Hall–Kier alpha value is -3.22. The minimum absolute atomic E-state index is 0.0457. The number of benzene rings is 2. The minimum Gasteiger partial charge on any atom is -0.493 e. The van der Waals surface area contributed by atoms with Crippen molar-refractivity contribution in [1.82, 2.24) is 15.5 Å². The molecule has 0 saturated carbocycles. The lowest BCUT2D eigenvalue weighted by Crippen LogP contribution is -2.38. The number of aryl methyl sites for hydroxylation is 1. The van der Waals surface area contributed by atoms with Gasteiger partial charge in [0.1, 0.15) is 0 Å². The van der Waals surface area contributed by atoms with Crippen molar-refractivity contribution in [1.29, 1.82) is 0 Å². The van der Waals surface area contributed by atoms with Gasteiger partial charge in [-0.25, -0.2) is 4.99 Å². The standard InChI is InChI=1S/C24H34N4O3/c1-6-25-23(29)17-31-21-13-12-19(14-22(21)30-5)15-27-24(26-7-2)28(4)16-20-11-9-8-10-18(20)3/h8-14H,6-7,15-17H2,1-5H3,(H,25,29)(H,26,27). The smallest absolute Gasteiger partial charge is 0.257 e. The molecular formula is C24H34N4O3. The van der Waals surface area contributed by atoms with Crippen LogP contribution in [0.1, 0.15) is 30.5 Å². The van der Waals surface area contributed by atoms with Gasteiger partial charge in [0, 0.05) is 26.7 Å². The lowest BCUT2D eigenvalue weighted by atomic mass is 10.1. The van der Waals surface area contributed by atoms with Crippen LogP contribution in [0.15, 0.2) is 47.5 Å². The van der Waals surface area contributed by atoms with E-state index in [1.165, 1.54) is 11.1 Å². The largest absolute Gasteiger partial charge is 0.493 e. The molecule has 0 bridgehead atoms. The van der Waals surface area contributed by atoms with Gasteiger partial charge in [0.15, 0.2) is 24.1 Å². The second-order valence-electron chi connectivity index (χ2n) is 7.18. The first-order valence-corrected chi connectivity index (χ1v) is 10.6. The van der Waals surface area contributed by atoms with Gasteiger partial charge in [-0.1, -0.05) is 30.3 Å². The summed E-state index contributed by atoms with van der Waals surface area (Å²) in [6.45, 7) is 8.62. The number of carbonyl (C=O) groups is 1. The Kier molecular flexibility index (Phi) is 9.68. The number of guanidine groups is 1. The normalized spacial score (nSPS) is 11.1. The Labute approximate surface area is 185 Å². The molecule has 2 aromatic rings. The molecule has 0 aromatic heterocycles. The number of likely N-dealkylation sites (N-methyl/N-ethyl adjacent to an activating group) is 1. The van der Waals surface area contributed by atoms with Gasteiger partial charge in [-0.15, -0.1) is 0 Å². The van der Waals surface area contributed by atoms with E-state index in [2.05, 4.69) is 53.6 Å². The van der Waals surface area contributed by atoms with Crippen LogP contribution in [0.3, 0.4) is 0 Å². The first kappa shape index (κ1) is 24.1. The van der Waals surface area contributed by atoms with Gasteiger partial charge in [0.05, 0.1) is 13.7 Å². The van der Waals surface area contributed by atoms with E-state index in [1.807, 2.05) is 32.2 Å². The zero-order valence-corrected chi connectivity index (χ0v) is 19.2. The van der Waals surface area contributed by atoms with E-state index in [9.17, 15) is 4.79 Å². The maximum atomic E-state index is 11.6. The van der Waals surface area contributed by atoms with E-state index in [4.69, 9.17) is 14.5 Å². The van der Waals surface area contributed by atoms with Gasteiger partial charge in [-0.2, -0.15) is 0 Å². The molecule has 0 radical (unpaired) electrons. The van der Waals surface area contributed by atoms with Gasteiger partial charge in [0.25, 0.3) is 5.91 Å². The predicted octanol–water partition coefficient (Wildman–Crippen LogP) is 3.12. The molecule has 7 nitrogen and oxygen atoms in total. The maximum Gasteiger partial charge on any atom is 0.257 e. The number of amides is 1. The highest BCUT2D eigenvalue weighted by Gasteiger charge is 2.10. The summed E-state index contributed by atoms with van der Waals surface area (Å²) in [5.74, 6) is 1.78. The first-order valence-electron chi connectivity index (χ1n) is 10.6. The summed E-state index contributed by atoms with van der Waals surface area (Å²) < 4.78 is 11.0. The van der Waals surface area contributed by atoms with Crippen molar-refractivity contribution >= 4 is 11.9 Å². The molecule has 0 aliphatic heterocycles. The van der Waals surface area contributed by atoms with Crippen LogP contribution in [0.4, 0.5) is 0 Å². The predicted molar refractivity (Wildman–Crippen MR) is 125 cm³/mol. The molecule has 168 valence electrons. The summed E-state index contributed by atoms with van der Waals surface area (Å²) in [6, 6.07) is 14.0. The topological polar surface area (TPSA) is 75.2 Å². The maximum absolute atomic E-state index is 11.6. The summed E-state index contributed by atoms with van der Waals surface area (Å²) in [4.78, 5) is 18.5. The average Bonchev–Trinajstić information content (AvgIpc) is 2.77. The lowest BCUT2D eigenvalue weighted by molar-refractivity contribution is -0.123. The molecule has 2 rings (SSSR count). The van der Waals surface area contributed by atoms with Crippen LogP contribution in [0.5, 0.6) is 11.5 Å². The molecule has 0 spiro atoms. The van der Waals surface area contributed by atoms with Gasteiger partial charge < -0.3 is 25.0 Å². The van der Waals surface area contributed by atoms with E-state index in [1.54, 1.807) is 7.11 Å². The zero-order chi connectivity index (χ0) is 22.6. The minimum atomic E-state index is -0.162. The quantitative estimate of drug-likeness (QED) is 0.451. The van der Waals surface area contributed by atoms with Crippen molar-refractivity contribution in [2.45, 2.75) is 33.9 Å². The monoisotopic (exact) mass is 426 g/mol. The van der Waals surface area contributed by atoms with Crippen molar-refractivity contribution in [2.75, 3.05) is 33.9 Å². The van der Waals surface area contributed by atoms with Crippen molar-refractivity contribution in [3.8, 4) is 11.5 Å². The van der Waals surface area contributed by atoms with E-state index < -0.39 is 0 Å². The van der Waals surface area contributed by atoms with Gasteiger partial charge in [0.2, 0.25) is 0 Å². The lowest BCUT2D eigenvalue weighted by Gasteiger charge is -2.23. The summed E-state index contributed by atoms with van der Waals surface area (Å²) in [5.41, 5.74) is 3.52. The fourth-order valence-corrected chi connectivity index (χ4v) is 3.07. The first-order chi connectivity index (χ1) is 15.0. The molecule has 1 amide bonds. The number of hydrogen-bond acceptors (Lipinski definition) is 4. The van der Waals surface area contributed by atoms with Crippen LogP contribution in [0.2, 0.25) is 0 Å². The second-order valence-corrected chi connectivity index (χ2v) is 7.18. The summed E-state index contributed by atoms with van der Waals surface area (Å²) in [5, 5.41) is 6.06. The number of rotatable bonds is 10. The van der Waals surface area contributed by atoms with E-state index in [-0.39, 0.29) is 12.5 Å². The Balaban J connectivity index is 2.09. The van der Waals surface area contributed by atoms with Gasteiger partial charge in [-0.05, 0) is 49.6 Å². The van der Waals surface area contributed by atoms with E-state index in [0.717, 1.165) is 24.6 Å². The molecule has 0 aliphatic rings. The van der Waals surface area contributed by atoms with Crippen molar-refractivity contribution in [3.63, 3.8) is 0 Å². The Morgan fingerprint density at radius 2 is 1.81 bits per heavy atom. The molecular weight excluding hydrogens is 392 g/mol. The summed E-state index contributed by atoms with van der Waals surface area (Å²) in [7, 11) is 3.62. The Morgan fingerprint density at radius 1 is 1.06 bits per heavy atom. The van der Waals surface area contributed by atoms with Crippen LogP contribution in [-0.4, -0.2) is 50.6 Å². The molecule has 0 aliphatic carbocycles.